The van der Waals surface area contributed by atoms with Crippen molar-refractivity contribution in [3.63, 3.8) is 0 Å². The Morgan fingerprint density at radius 2 is 2.14 bits per heavy atom. The molecule has 6 heteroatoms. The molecule has 0 atom stereocenters. The first-order valence-electron chi connectivity index (χ1n) is 6.67. The number of amides is 1. The van der Waals surface area contributed by atoms with Gasteiger partial charge in [-0.3, -0.25) is 4.79 Å². The fourth-order valence-electron chi connectivity index (χ4n) is 1.79. The van der Waals surface area contributed by atoms with Gasteiger partial charge in [0.25, 0.3) is 5.89 Å². The van der Waals surface area contributed by atoms with Gasteiger partial charge >= 0.3 is 0 Å². The summed E-state index contributed by atoms with van der Waals surface area (Å²) in [4.78, 5) is 16.0. The van der Waals surface area contributed by atoms with Crippen molar-refractivity contribution in [1.82, 2.24) is 15.5 Å². The first kappa shape index (κ1) is 14.2. The molecule has 0 aliphatic carbocycles. The van der Waals surface area contributed by atoms with Crippen LogP contribution in [0.3, 0.4) is 0 Å². The Balaban J connectivity index is 1.56. The maximum absolute atomic E-state index is 11.7. The molecule has 1 aromatic carbocycles. The minimum absolute atomic E-state index is 0.197. The van der Waals surface area contributed by atoms with E-state index < -0.39 is 0 Å². The summed E-state index contributed by atoms with van der Waals surface area (Å²) in [5.74, 6) is 0.687. The molecule has 5 nitrogen and oxygen atoms in total. The summed E-state index contributed by atoms with van der Waals surface area (Å²) in [5, 5.41) is 10.5. The van der Waals surface area contributed by atoms with Crippen molar-refractivity contribution < 1.29 is 9.32 Å². The molecule has 0 saturated carbocycles. The van der Waals surface area contributed by atoms with Gasteiger partial charge in [0.1, 0.15) is 0 Å². The average Bonchev–Trinajstić information content (AvgIpc) is 3.23. The lowest BCUT2D eigenvalue weighted by molar-refractivity contribution is -0.116. The van der Waals surface area contributed by atoms with E-state index in [-0.39, 0.29) is 12.5 Å². The molecule has 0 fully saturated rings. The van der Waals surface area contributed by atoms with Gasteiger partial charge < -0.3 is 9.84 Å². The van der Waals surface area contributed by atoms with Gasteiger partial charge in [0, 0.05) is 11.6 Å². The van der Waals surface area contributed by atoms with Crippen molar-refractivity contribution in [1.29, 1.82) is 0 Å². The number of rotatable bonds is 5. The van der Waals surface area contributed by atoms with E-state index in [0.717, 1.165) is 11.1 Å². The third-order valence-electron chi connectivity index (χ3n) is 2.88. The van der Waals surface area contributed by atoms with Crippen molar-refractivity contribution in [2.75, 3.05) is 0 Å². The summed E-state index contributed by atoms with van der Waals surface area (Å²) < 4.78 is 5.17. The predicted molar refractivity (Wildman–Crippen MR) is 84.9 cm³/mol. The maximum atomic E-state index is 11.7. The lowest BCUT2D eigenvalue weighted by atomic mass is 10.2. The Morgan fingerprint density at radius 3 is 2.91 bits per heavy atom. The fourth-order valence-corrected chi connectivity index (χ4v) is 2.42. The van der Waals surface area contributed by atoms with Crippen LogP contribution in [0.5, 0.6) is 0 Å². The van der Waals surface area contributed by atoms with E-state index in [0.29, 0.717) is 11.7 Å². The van der Waals surface area contributed by atoms with Crippen LogP contribution in [0.2, 0.25) is 0 Å². The molecule has 2 aromatic heterocycles. The highest BCUT2D eigenvalue weighted by atomic mass is 32.1. The molecule has 110 valence electrons. The first-order chi connectivity index (χ1) is 10.8. The normalized spacial score (nSPS) is 10.9. The molecule has 3 aromatic rings. The molecule has 0 spiro atoms. The highest BCUT2D eigenvalue weighted by molar-refractivity contribution is 7.08. The second-order valence-electron chi connectivity index (χ2n) is 4.49. The Labute approximate surface area is 131 Å². The van der Waals surface area contributed by atoms with E-state index >= 15 is 0 Å². The summed E-state index contributed by atoms with van der Waals surface area (Å²) in [7, 11) is 0. The number of hydrogen-bond acceptors (Lipinski definition) is 5. The first-order valence-corrected chi connectivity index (χ1v) is 7.62. The molecule has 1 amide bonds. The van der Waals surface area contributed by atoms with Crippen LogP contribution < -0.4 is 5.32 Å². The molecule has 0 aliphatic rings. The van der Waals surface area contributed by atoms with Crippen molar-refractivity contribution in [2.24, 2.45) is 0 Å². The van der Waals surface area contributed by atoms with Crippen LogP contribution in [0.25, 0.3) is 17.5 Å². The van der Waals surface area contributed by atoms with E-state index in [1.165, 1.54) is 6.08 Å². The molecule has 0 bridgehead atoms. The lowest BCUT2D eigenvalue weighted by Crippen LogP contribution is -2.20. The minimum Gasteiger partial charge on any atom is -0.345 e. The zero-order valence-electron chi connectivity index (χ0n) is 11.6. The maximum Gasteiger partial charge on any atom is 0.257 e. The summed E-state index contributed by atoms with van der Waals surface area (Å²) in [6.45, 7) is 0.225. The number of nitrogens with one attached hydrogen (secondary N) is 1. The Kier molecular flexibility index (Phi) is 4.41. The number of carbonyl (C=O) groups is 1. The van der Waals surface area contributed by atoms with E-state index in [2.05, 4.69) is 15.5 Å². The van der Waals surface area contributed by atoms with Crippen molar-refractivity contribution in [3.05, 3.63) is 64.6 Å². The van der Waals surface area contributed by atoms with Crippen LogP contribution in [-0.4, -0.2) is 16.0 Å². The third kappa shape index (κ3) is 3.67. The molecule has 2 heterocycles. The fraction of sp³-hybridized carbons (Fsp3) is 0.0625. The molecule has 1 N–H and O–H groups in total. The van der Waals surface area contributed by atoms with Gasteiger partial charge in [-0.2, -0.15) is 16.3 Å². The summed E-state index contributed by atoms with van der Waals surface area (Å²) in [5.41, 5.74) is 1.86. The van der Waals surface area contributed by atoms with E-state index in [9.17, 15) is 4.79 Å². The summed E-state index contributed by atoms with van der Waals surface area (Å²) in [6, 6.07) is 11.4. The standard InChI is InChI=1S/C16H13N3O2S/c20-15(7-6-12-8-9-22-11-12)17-10-14-18-16(21-19-14)13-4-2-1-3-5-13/h1-9,11H,10H2,(H,17,20). The Bertz CT molecular complexity index is 764. The second-order valence-corrected chi connectivity index (χ2v) is 5.27. The van der Waals surface area contributed by atoms with Gasteiger partial charge in [-0.05, 0) is 40.6 Å². The van der Waals surface area contributed by atoms with Gasteiger partial charge in [0.2, 0.25) is 5.91 Å². The quantitative estimate of drug-likeness (QED) is 0.735. The number of carbonyl (C=O) groups excluding carboxylic acids is 1. The summed E-state index contributed by atoms with van der Waals surface area (Å²) >= 11 is 1.59. The highest BCUT2D eigenvalue weighted by Gasteiger charge is 2.08. The zero-order chi connectivity index (χ0) is 15.2. The third-order valence-corrected chi connectivity index (χ3v) is 3.58. The Hall–Kier alpha value is -2.73. The van der Waals surface area contributed by atoms with Gasteiger partial charge in [-0.1, -0.05) is 23.4 Å². The smallest absolute Gasteiger partial charge is 0.257 e. The lowest BCUT2D eigenvalue weighted by Gasteiger charge is -1.96. The van der Waals surface area contributed by atoms with Gasteiger partial charge in [0.05, 0.1) is 6.54 Å². The largest absolute Gasteiger partial charge is 0.345 e. The van der Waals surface area contributed by atoms with Crippen molar-refractivity contribution >= 4 is 23.3 Å². The van der Waals surface area contributed by atoms with Crippen LogP contribution in [0, 0.1) is 0 Å². The number of aromatic nitrogens is 2. The topological polar surface area (TPSA) is 68.0 Å². The summed E-state index contributed by atoms with van der Waals surface area (Å²) in [6.07, 6.45) is 3.25. The highest BCUT2D eigenvalue weighted by Crippen LogP contribution is 2.15. The van der Waals surface area contributed by atoms with Crippen LogP contribution in [0.15, 0.2) is 57.8 Å². The number of hydrogen-bond donors (Lipinski definition) is 1. The molecule has 0 aliphatic heterocycles. The van der Waals surface area contributed by atoms with Crippen molar-refractivity contribution in [2.45, 2.75) is 6.54 Å². The molecular formula is C16H13N3O2S. The SMILES string of the molecule is O=C(C=Cc1ccsc1)NCc1noc(-c2ccccc2)n1. The van der Waals surface area contributed by atoms with Gasteiger partial charge in [-0.15, -0.1) is 0 Å². The number of benzene rings is 1. The molecule has 0 unspecified atom stereocenters. The van der Waals surface area contributed by atoms with Crippen molar-refractivity contribution in [3.8, 4) is 11.5 Å². The molecule has 0 radical (unpaired) electrons. The van der Waals surface area contributed by atoms with E-state index in [4.69, 9.17) is 4.52 Å². The molecule has 22 heavy (non-hydrogen) atoms. The number of thiophene rings is 1. The predicted octanol–water partition coefficient (Wildman–Crippen LogP) is 3.13. The van der Waals surface area contributed by atoms with Gasteiger partial charge in [-0.25, -0.2) is 0 Å². The van der Waals surface area contributed by atoms with Crippen LogP contribution in [0.1, 0.15) is 11.4 Å². The van der Waals surface area contributed by atoms with Crippen LogP contribution in [0.4, 0.5) is 0 Å². The number of nitrogens with zero attached hydrogens (tertiary/aromatic N) is 2. The molecule has 3 rings (SSSR count). The molecular weight excluding hydrogens is 298 g/mol. The van der Waals surface area contributed by atoms with Crippen LogP contribution >= 0.6 is 11.3 Å². The second kappa shape index (κ2) is 6.82. The van der Waals surface area contributed by atoms with E-state index in [1.54, 1.807) is 17.4 Å². The molecule has 0 saturated heterocycles. The minimum atomic E-state index is -0.197. The van der Waals surface area contributed by atoms with Crippen LogP contribution in [-0.2, 0) is 11.3 Å². The van der Waals surface area contributed by atoms with Gasteiger partial charge in [0.15, 0.2) is 5.82 Å². The Morgan fingerprint density at radius 1 is 1.27 bits per heavy atom. The van der Waals surface area contributed by atoms with E-state index in [1.807, 2.05) is 47.2 Å². The zero-order valence-corrected chi connectivity index (χ0v) is 12.4. The monoisotopic (exact) mass is 311 g/mol. The average molecular weight is 311 g/mol.